The quantitative estimate of drug-likeness (QED) is 0.559. The minimum Gasteiger partial charge on any atom is -0.481 e. The number of halogens is 1. The summed E-state index contributed by atoms with van der Waals surface area (Å²) in [7, 11) is 2.10. The van der Waals surface area contributed by atoms with Crippen molar-refractivity contribution < 1.29 is 24.2 Å². The minimum atomic E-state index is -0.778. The first-order valence-corrected chi connectivity index (χ1v) is 15.6. The Hall–Kier alpha value is -3.01. The van der Waals surface area contributed by atoms with Crippen molar-refractivity contribution in [3.8, 4) is 0 Å². The summed E-state index contributed by atoms with van der Waals surface area (Å²) in [5.41, 5.74) is 4.94. The smallest absolute Gasteiger partial charge is 0.306 e. The standard InChI is InChI=1S/C32H37ClN4O5/c1-35-13-14-36(16-32(35)17-42-18-32)29(38)22-11-12-24-26(15-22)37(34-28(24)20-7-9-21(10-8-20)31(40)41)30(39)27-23(19-5-6-19)3-2-4-25(27)33/h2-4,7,19,21-22H,5-6,8-18H2,1H3,(H,40,41). The summed E-state index contributed by atoms with van der Waals surface area (Å²) in [6.07, 6.45) is 7.43. The van der Waals surface area contributed by atoms with Crippen molar-refractivity contribution >= 4 is 35.0 Å². The molecule has 1 N–H and O–H groups in total. The number of carboxylic acid groups (broad SMARTS) is 1. The molecule has 3 heterocycles. The number of nitrogens with zero attached hydrogens (tertiary/aromatic N) is 4. The van der Waals surface area contributed by atoms with Crippen LogP contribution >= 0.6 is 11.6 Å². The largest absolute Gasteiger partial charge is 0.481 e. The number of fused-ring (bicyclic) bond motifs is 1. The fourth-order valence-corrected chi connectivity index (χ4v) is 7.55. The molecule has 2 unspecified atom stereocenters. The number of ether oxygens (including phenoxy) is 1. The van der Waals surface area contributed by atoms with Gasteiger partial charge in [-0.3, -0.25) is 19.3 Å². The average Bonchev–Trinajstić information content (AvgIpc) is 3.76. The van der Waals surface area contributed by atoms with Gasteiger partial charge in [-0.2, -0.15) is 9.78 Å². The third-order valence-electron chi connectivity index (χ3n) is 10.2. The molecule has 222 valence electrons. The second kappa shape index (κ2) is 10.6. The van der Waals surface area contributed by atoms with Crippen molar-refractivity contribution in [2.75, 3.05) is 39.9 Å². The van der Waals surface area contributed by atoms with E-state index in [4.69, 9.17) is 21.4 Å². The molecule has 2 atom stereocenters. The van der Waals surface area contributed by atoms with E-state index in [0.717, 1.165) is 47.5 Å². The highest BCUT2D eigenvalue weighted by molar-refractivity contribution is 6.34. The van der Waals surface area contributed by atoms with Crippen LogP contribution in [0.3, 0.4) is 0 Å². The predicted molar refractivity (Wildman–Crippen MR) is 157 cm³/mol. The van der Waals surface area contributed by atoms with Crippen LogP contribution in [0.25, 0.3) is 5.57 Å². The number of aliphatic carboxylic acids is 1. The summed E-state index contributed by atoms with van der Waals surface area (Å²) in [5, 5.41) is 14.8. The van der Waals surface area contributed by atoms with Crippen molar-refractivity contribution in [1.29, 1.82) is 0 Å². The number of carboxylic acids is 1. The van der Waals surface area contributed by atoms with E-state index >= 15 is 0 Å². The van der Waals surface area contributed by atoms with E-state index in [1.807, 2.05) is 23.1 Å². The molecule has 42 heavy (non-hydrogen) atoms. The highest BCUT2D eigenvalue weighted by atomic mass is 35.5. The number of allylic oxidation sites excluding steroid dienone is 2. The van der Waals surface area contributed by atoms with Crippen molar-refractivity contribution in [3.05, 3.63) is 57.4 Å². The number of aromatic nitrogens is 2. The topological polar surface area (TPSA) is 105 Å². The van der Waals surface area contributed by atoms with E-state index < -0.39 is 11.9 Å². The number of carbonyl (C=O) groups is 3. The lowest BCUT2D eigenvalue weighted by atomic mass is 9.82. The van der Waals surface area contributed by atoms with Crippen LogP contribution < -0.4 is 0 Å². The van der Waals surface area contributed by atoms with E-state index in [0.29, 0.717) is 81.3 Å². The molecule has 5 aliphatic rings. The number of rotatable bonds is 5. The summed E-state index contributed by atoms with van der Waals surface area (Å²) >= 11 is 6.66. The molecule has 2 saturated heterocycles. The molecule has 10 heteroatoms. The summed E-state index contributed by atoms with van der Waals surface area (Å²) in [4.78, 5) is 44.1. The number of likely N-dealkylation sites (N-methyl/N-ethyl adjacent to an activating group) is 1. The van der Waals surface area contributed by atoms with Crippen molar-refractivity contribution in [3.63, 3.8) is 0 Å². The lowest BCUT2D eigenvalue weighted by molar-refractivity contribution is -0.172. The summed E-state index contributed by atoms with van der Waals surface area (Å²) in [6, 6.07) is 5.64. The third-order valence-corrected chi connectivity index (χ3v) is 10.5. The first kappa shape index (κ1) is 27.8. The van der Waals surface area contributed by atoms with Crippen molar-refractivity contribution in [1.82, 2.24) is 19.6 Å². The zero-order valence-electron chi connectivity index (χ0n) is 24.0. The number of carbonyl (C=O) groups excluding carboxylic acids is 2. The monoisotopic (exact) mass is 592 g/mol. The maximum Gasteiger partial charge on any atom is 0.306 e. The van der Waals surface area contributed by atoms with E-state index in [1.54, 1.807) is 6.07 Å². The van der Waals surface area contributed by atoms with Gasteiger partial charge in [-0.1, -0.05) is 29.8 Å². The zero-order chi connectivity index (χ0) is 29.2. The predicted octanol–water partition coefficient (Wildman–Crippen LogP) is 4.02. The van der Waals surface area contributed by atoms with Crippen LogP contribution in [0.1, 0.15) is 77.3 Å². The van der Waals surface area contributed by atoms with Gasteiger partial charge in [0.25, 0.3) is 5.91 Å². The van der Waals surface area contributed by atoms with Gasteiger partial charge in [0.1, 0.15) is 0 Å². The number of hydrogen-bond acceptors (Lipinski definition) is 6. The van der Waals surface area contributed by atoms with Crippen LogP contribution in [0.15, 0.2) is 24.3 Å². The number of benzene rings is 1. The lowest BCUT2D eigenvalue weighted by Crippen LogP contribution is -2.71. The Morgan fingerprint density at radius 1 is 1.07 bits per heavy atom. The van der Waals surface area contributed by atoms with Crippen LogP contribution in [0.4, 0.5) is 0 Å². The summed E-state index contributed by atoms with van der Waals surface area (Å²) in [6.45, 7) is 3.45. The first-order chi connectivity index (χ1) is 20.3. The Bertz CT molecular complexity index is 1490. The van der Waals surface area contributed by atoms with Gasteiger partial charge in [-0.25, -0.2) is 0 Å². The highest BCUT2D eigenvalue weighted by Crippen LogP contribution is 2.44. The molecule has 1 aromatic heterocycles. The molecule has 1 spiro atoms. The molecule has 0 radical (unpaired) electrons. The molecular weight excluding hydrogens is 556 g/mol. The van der Waals surface area contributed by atoms with Crippen LogP contribution in [0, 0.1) is 11.8 Å². The van der Waals surface area contributed by atoms with Gasteiger partial charge in [0.2, 0.25) is 5.91 Å². The Morgan fingerprint density at radius 3 is 2.52 bits per heavy atom. The Kier molecular flexibility index (Phi) is 7.02. The van der Waals surface area contributed by atoms with Gasteiger partial charge in [0.15, 0.2) is 0 Å². The molecule has 3 aliphatic carbocycles. The van der Waals surface area contributed by atoms with Crippen molar-refractivity contribution in [2.24, 2.45) is 11.8 Å². The zero-order valence-corrected chi connectivity index (χ0v) is 24.7. The van der Waals surface area contributed by atoms with E-state index in [9.17, 15) is 19.5 Å². The summed E-state index contributed by atoms with van der Waals surface area (Å²) < 4.78 is 7.05. The molecule has 1 aromatic carbocycles. The van der Waals surface area contributed by atoms with Gasteiger partial charge in [0, 0.05) is 37.5 Å². The SMILES string of the molecule is CN1CCN(C(=O)C2CCc3c(C4=CCC(C(=O)O)CC4)nn(C(=O)c4c(Cl)cccc4C4CC4)c3C2)CC12COC2. The number of amides is 1. The molecule has 2 aromatic rings. The van der Waals surface area contributed by atoms with E-state index in [2.05, 4.69) is 11.9 Å². The average molecular weight is 593 g/mol. The fraction of sp³-hybridized carbons (Fsp3) is 0.562. The van der Waals surface area contributed by atoms with Crippen LogP contribution in [-0.4, -0.2) is 87.9 Å². The van der Waals surface area contributed by atoms with E-state index in [-0.39, 0.29) is 23.3 Å². The molecule has 1 amide bonds. The molecule has 7 rings (SSSR count). The Morgan fingerprint density at radius 2 is 1.86 bits per heavy atom. The molecule has 0 bridgehead atoms. The third kappa shape index (κ3) is 4.70. The highest BCUT2D eigenvalue weighted by Gasteiger charge is 2.48. The fourth-order valence-electron chi connectivity index (χ4n) is 7.29. The second-order valence-electron chi connectivity index (χ2n) is 12.8. The van der Waals surface area contributed by atoms with Gasteiger partial charge in [-0.05, 0) is 75.1 Å². The number of piperazine rings is 1. The molecule has 1 saturated carbocycles. The summed E-state index contributed by atoms with van der Waals surface area (Å²) in [5.74, 6) is -1.19. The van der Waals surface area contributed by atoms with Gasteiger partial charge >= 0.3 is 5.97 Å². The normalized spacial score (nSPS) is 25.5. The Labute approximate surface area is 250 Å². The van der Waals surface area contributed by atoms with Crippen LogP contribution in [0.5, 0.6) is 0 Å². The lowest BCUT2D eigenvalue weighted by Gasteiger charge is -2.54. The van der Waals surface area contributed by atoms with Crippen LogP contribution in [0.2, 0.25) is 5.02 Å². The maximum absolute atomic E-state index is 14.3. The van der Waals surface area contributed by atoms with Gasteiger partial charge in [-0.15, -0.1) is 0 Å². The van der Waals surface area contributed by atoms with E-state index in [1.165, 1.54) is 4.68 Å². The first-order valence-electron chi connectivity index (χ1n) is 15.2. The van der Waals surface area contributed by atoms with Gasteiger partial charge in [0.05, 0.1) is 46.6 Å². The number of hydrogen-bond donors (Lipinski definition) is 1. The molecule has 2 aliphatic heterocycles. The molecule has 9 nitrogen and oxygen atoms in total. The molecular formula is C32H37ClN4O5. The second-order valence-corrected chi connectivity index (χ2v) is 13.3. The minimum absolute atomic E-state index is 0.0941. The van der Waals surface area contributed by atoms with Crippen molar-refractivity contribution in [2.45, 2.75) is 62.8 Å². The Balaban J connectivity index is 1.23. The van der Waals surface area contributed by atoms with Gasteiger partial charge < -0.3 is 14.7 Å². The maximum atomic E-state index is 14.3. The molecule has 3 fully saturated rings. The van der Waals surface area contributed by atoms with Crippen LogP contribution in [-0.2, 0) is 27.2 Å².